The van der Waals surface area contributed by atoms with E-state index < -0.39 is 5.60 Å². The quantitative estimate of drug-likeness (QED) is 0.682. The highest BCUT2D eigenvalue weighted by Crippen LogP contribution is 2.13. The highest BCUT2D eigenvalue weighted by Gasteiger charge is 2.26. The summed E-state index contributed by atoms with van der Waals surface area (Å²) >= 11 is 0. The van der Waals surface area contributed by atoms with Crippen molar-refractivity contribution in [2.75, 3.05) is 39.8 Å². The van der Waals surface area contributed by atoms with Crippen LogP contribution >= 0.6 is 0 Å². The van der Waals surface area contributed by atoms with Crippen molar-refractivity contribution in [2.24, 2.45) is 0 Å². The maximum Gasteiger partial charge on any atom is 0.0826 e. The molecule has 0 bridgehead atoms. The van der Waals surface area contributed by atoms with Gasteiger partial charge >= 0.3 is 0 Å². The average molecular weight is 216 g/mol. The van der Waals surface area contributed by atoms with Crippen molar-refractivity contribution in [1.29, 1.82) is 0 Å². The van der Waals surface area contributed by atoms with Gasteiger partial charge in [0.2, 0.25) is 0 Å². The average Bonchev–Trinajstić information content (AvgIpc) is 2.18. The number of morpholine rings is 1. The molecule has 4 heteroatoms. The molecule has 0 saturated carbocycles. The maximum atomic E-state index is 9.99. The number of nitrogens with one attached hydrogen (secondary N) is 1. The zero-order chi connectivity index (χ0) is 11.3. The molecule has 2 unspecified atom stereocenters. The van der Waals surface area contributed by atoms with Crippen LogP contribution in [-0.2, 0) is 4.74 Å². The summed E-state index contributed by atoms with van der Waals surface area (Å²) in [6, 6.07) is 0. The first kappa shape index (κ1) is 12.9. The lowest BCUT2D eigenvalue weighted by atomic mass is 10.0. The van der Waals surface area contributed by atoms with Gasteiger partial charge < -0.3 is 15.2 Å². The van der Waals surface area contributed by atoms with Crippen molar-refractivity contribution in [3.05, 3.63) is 0 Å². The number of nitrogens with zero attached hydrogens (tertiary/aromatic N) is 1. The number of hydrogen-bond acceptors (Lipinski definition) is 4. The fourth-order valence-electron chi connectivity index (χ4n) is 1.87. The third-order valence-corrected chi connectivity index (χ3v) is 2.98. The van der Waals surface area contributed by atoms with Crippen LogP contribution in [0, 0.1) is 0 Å². The minimum atomic E-state index is -0.568. The van der Waals surface area contributed by atoms with Gasteiger partial charge in [-0.2, -0.15) is 0 Å². The predicted molar refractivity (Wildman–Crippen MR) is 61.0 cm³/mol. The van der Waals surface area contributed by atoms with Crippen LogP contribution in [0.2, 0.25) is 0 Å². The van der Waals surface area contributed by atoms with Gasteiger partial charge in [0.1, 0.15) is 0 Å². The molecule has 0 aliphatic carbocycles. The highest BCUT2D eigenvalue weighted by molar-refractivity contribution is 4.80. The molecule has 1 saturated heterocycles. The minimum Gasteiger partial charge on any atom is -0.389 e. The molecule has 1 aliphatic rings. The number of aliphatic hydroxyl groups is 1. The number of likely N-dealkylation sites (N-methyl/N-ethyl adjacent to an activating group) is 1. The SMILES string of the molecule is CCC(C)(O)CN1CCOC(CNC)C1. The van der Waals surface area contributed by atoms with Crippen molar-refractivity contribution in [2.45, 2.75) is 32.0 Å². The monoisotopic (exact) mass is 216 g/mol. The van der Waals surface area contributed by atoms with E-state index in [0.29, 0.717) is 0 Å². The van der Waals surface area contributed by atoms with E-state index in [1.807, 2.05) is 20.9 Å². The Morgan fingerprint density at radius 1 is 1.60 bits per heavy atom. The van der Waals surface area contributed by atoms with Crippen LogP contribution in [0.25, 0.3) is 0 Å². The van der Waals surface area contributed by atoms with Gasteiger partial charge in [-0.25, -0.2) is 0 Å². The third kappa shape index (κ3) is 4.47. The van der Waals surface area contributed by atoms with Gasteiger partial charge in [-0.15, -0.1) is 0 Å². The number of hydrogen-bond donors (Lipinski definition) is 2. The molecule has 0 aromatic rings. The summed E-state index contributed by atoms with van der Waals surface area (Å²) in [7, 11) is 1.94. The molecule has 1 rings (SSSR count). The maximum absolute atomic E-state index is 9.99. The molecular weight excluding hydrogens is 192 g/mol. The van der Waals surface area contributed by atoms with E-state index in [1.165, 1.54) is 0 Å². The Labute approximate surface area is 92.6 Å². The van der Waals surface area contributed by atoms with E-state index in [1.54, 1.807) is 0 Å². The Bertz CT molecular complexity index is 183. The molecule has 0 radical (unpaired) electrons. The van der Waals surface area contributed by atoms with Crippen LogP contribution in [0.5, 0.6) is 0 Å². The van der Waals surface area contributed by atoms with E-state index in [2.05, 4.69) is 10.2 Å². The smallest absolute Gasteiger partial charge is 0.0826 e. The van der Waals surface area contributed by atoms with Gasteiger partial charge in [0.15, 0.2) is 0 Å². The van der Waals surface area contributed by atoms with Gasteiger partial charge in [-0.1, -0.05) is 6.92 Å². The molecule has 1 heterocycles. The molecule has 0 aromatic heterocycles. The fraction of sp³-hybridized carbons (Fsp3) is 1.00. The summed E-state index contributed by atoms with van der Waals surface area (Å²) in [6.07, 6.45) is 1.05. The Hall–Kier alpha value is -0.160. The van der Waals surface area contributed by atoms with Gasteiger partial charge in [0.05, 0.1) is 18.3 Å². The summed E-state index contributed by atoms with van der Waals surface area (Å²) in [5.41, 5.74) is -0.568. The molecule has 0 amide bonds. The number of rotatable bonds is 5. The Morgan fingerprint density at radius 3 is 2.93 bits per heavy atom. The molecule has 1 aliphatic heterocycles. The Kier molecular flexibility index (Phi) is 4.99. The van der Waals surface area contributed by atoms with Crippen LogP contribution in [0.15, 0.2) is 0 Å². The van der Waals surface area contributed by atoms with Gasteiger partial charge in [-0.05, 0) is 20.4 Å². The normalized spacial score (nSPS) is 27.6. The number of β-amino-alcohol motifs (C(OH)–C–C–N with tert-alkyl or cyclic N) is 1. The first-order chi connectivity index (χ1) is 7.07. The molecule has 90 valence electrons. The summed E-state index contributed by atoms with van der Waals surface area (Å²) in [6.45, 7) is 8.15. The zero-order valence-electron chi connectivity index (χ0n) is 10.1. The third-order valence-electron chi connectivity index (χ3n) is 2.98. The van der Waals surface area contributed by atoms with E-state index >= 15 is 0 Å². The summed E-state index contributed by atoms with van der Waals surface area (Å²) in [5, 5.41) is 13.1. The number of ether oxygens (including phenoxy) is 1. The molecular formula is C11H24N2O2. The molecule has 15 heavy (non-hydrogen) atoms. The molecule has 0 spiro atoms. The second-order valence-electron chi connectivity index (χ2n) is 4.64. The second kappa shape index (κ2) is 5.80. The molecule has 4 nitrogen and oxygen atoms in total. The molecule has 2 N–H and O–H groups in total. The van der Waals surface area contributed by atoms with Gasteiger partial charge in [0.25, 0.3) is 0 Å². The predicted octanol–water partition coefficient (Wildman–Crippen LogP) is 0.0676. The van der Waals surface area contributed by atoms with Crippen LogP contribution in [-0.4, -0.2) is 61.5 Å². The largest absolute Gasteiger partial charge is 0.389 e. The Morgan fingerprint density at radius 2 is 2.33 bits per heavy atom. The first-order valence-corrected chi connectivity index (χ1v) is 5.78. The van der Waals surface area contributed by atoms with E-state index in [-0.39, 0.29) is 6.10 Å². The second-order valence-corrected chi connectivity index (χ2v) is 4.64. The lowest BCUT2D eigenvalue weighted by Crippen LogP contribution is -2.50. The van der Waals surface area contributed by atoms with Crippen molar-refractivity contribution < 1.29 is 9.84 Å². The van der Waals surface area contributed by atoms with Crippen molar-refractivity contribution in [1.82, 2.24) is 10.2 Å². The zero-order valence-corrected chi connectivity index (χ0v) is 10.1. The van der Waals surface area contributed by atoms with Gasteiger partial charge in [-0.3, -0.25) is 4.90 Å². The van der Waals surface area contributed by atoms with Crippen LogP contribution in [0.3, 0.4) is 0 Å². The standard InChI is InChI=1S/C11H24N2O2/c1-4-11(2,14)9-13-5-6-15-10(8-13)7-12-3/h10,12,14H,4-9H2,1-3H3. The minimum absolute atomic E-state index is 0.261. The highest BCUT2D eigenvalue weighted by atomic mass is 16.5. The summed E-state index contributed by atoms with van der Waals surface area (Å²) < 4.78 is 5.61. The summed E-state index contributed by atoms with van der Waals surface area (Å²) in [5.74, 6) is 0. The molecule has 2 atom stereocenters. The van der Waals surface area contributed by atoms with Crippen LogP contribution in [0.4, 0.5) is 0 Å². The van der Waals surface area contributed by atoms with Crippen LogP contribution in [0.1, 0.15) is 20.3 Å². The van der Waals surface area contributed by atoms with E-state index in [0.717, 1.165) is 39.2 Å². The van der Waals surface area contributed by atoms with E-state index in [9.17, 15) is 5.11 Å². The summed E-state index contributed by atoms with van der Waals surface area (Å²) in [4.78, 5) is 2.29. The lowest BCUT2D eigenvalue weighted by Gasteiger charge is -2.36. The fourth-order valence-corrected chi connectivity index (χ4v) is 1.87. The van der Waals surface area contributed by atoms with Gasteiger partial charge in [0, 0.05) is 26.2 Å². The van der Waals surface area contributed by atoms with Crippen molar-refractivity contribution in [3.8, 4) is 0 Å². The van der Waals surface area contributed by atoms with Crippen molar-refractivity contribution in [3.63, 3.8) is 0 Å². The lowest BCUT2D eigenvalue weighted by molar-refractivity contribution is -0.0586. The first-order valence-electron chi connectivity index (χ1n) is 5.78. The van der Waals surface area contributed by atoms with Crippen LogP contribution < -0.4 is 5.32 Å². The molecule has 1 fully saturated rings. The topological polar surface area (TPSA) is 44.7 Å². The Balaban J connectivity index is 2.36. The van der Waals surface area contributed by atoms with Crippen molar-refractivity contribution >= 4 is 0 Å². The van der Waals surface area contributed by atoms with E-state index in [4.69, 9.17) is 4.74 Å². The molecule has 0 aromatic carbocycles.